The minimum atomic E-state index is 0.132. The second-order valence-corrected chi connectivity index (χ2v) is 38.7. The van der Waals surface area contributed by atoms with Crippen LogP contribution in [0.4, 0.5) is 17.8 Å². The zero-order valence-corrected chi connectivity index (χ0v) is 81.8. The van der Waals surface area contributed by atoms with Crippen LogP contribution in [0.3, 0.4) is 0 Å². The second-order valence-electron chi connectivity index (χ2n) is 38.7. The predicted octanol–water partition coefficient (Wildman–Crippen LogP) is 17.0. The lowest BCUT2D eigenvalue weighted by Gasteiger charge is -2.39. The number of hydrogen-bond acceptors (Lipinski definition) is 14. The Balaban J connectivity index is 0.000000121. The van der Waals surface area contributed by atoms with Crippen molar-refractivity contribution >= 4 is 138 Å². The molecule has 0 radical (unpaired) electrons. The molecule has 11 aromatic heterocycles. The van der Waals surface area contributed by atoms with Crippen LogP contribution in [-0.4, -0.2) is 89.1 Å². The van der Waals surface area contributed by atoms with Crippen LogP contribution in [0.25, 0.3) is 132 Å². The topological polar surface area (TPSA) is 150 Å². The highest BCUT2D eigenvalue weighted by atomic mass is 16.4. The average Bonchev–Trinajstić information content (AvgIpc) is 1.64. The van der Waals surface area contributed by atoms with Crippen LogP contribution in [0.2, 0.25) is 27.3 Å². The van der Waals surface area contributed by atoms with E-state index in [0.717, 1.165) is 105 Å². The van der Waals surface area contributed by atoms with E-state index in [9.17, 15) is 0 Å². The van der Waals surface area contributed by atoms with Crippen molar-refractivity contribution in [2.24, 2.45) is 21.1 Å². The number of furan rings is 4. The average molecular weight is 1760 g/mol. The molecular formula is C109H123B4N16O4+3. The number of aryl methyl sites for hydroxylation is 7. The molecular weight excluding hydrogens is 1640 g/mol. The van der Waals surface area contributed by atoms with E-state index in [-0.39, 0.29) is 27.4 Å². The number of hydrogen-bond donors (Lipinski definition) is 0. The number of aromatic nitrogens is 10. The number of rotatable bonds is 15. The fraction of sp³-hybridized carbons (Fsp3) is 0.294. The van der Waals surface area contributed by atoms with Gasteiger partial charge in [0.05, 0.1) is 64.5 Å². The summed E-state index contributed by atoms with van der Waals surface area (Å²) in [5, 5.41) is 11.0. The number of imidazole rings is 3. The van der Waals surface area contributed by atoms with E-state index in [1.165, 1.54) is 72.7 Å². The van der Waals surface area contributed by atoms with Crippen LogP contribution < -0.4 is 70.7 Å². The third kappa shape index (κ3) is 16.8. The molecule has 24 heteroatoms. The summed E-state index contributed by atoms with van der Waals surface area (Å²) in [5.74, 6) is 14.7. The van der Waals surface area contributed by atoms with Crippen LogP contribution in [0, 0.1) is 27.7 Å². The summed E-state index contributed by atoms with van der Waals surface area (Å²) >= 11 is 0. The zero-order chi connectivity index (χ0) is 93.7. The molecule has 0 fully saturated rings. The summed E-state index contributed by atoms with van der Waals surface area (Å²) in [6.07, 6.45) is 26.0. The third-order valence-corrected chi connectivity index (χ3v) is 26.8. The monoisotopic (exact) mass is 1760 g/mol. The second kappa shape index (κ2) is 36.1. The molecule has 5 aliphatic heterocycles. The Kier molecular flexibility index (Phi) is 24.4. The molecule has 0 N–H and O–H groups in total. The summed E-state index contributed by atoms with van der Waals surface area (Å²) < 4.78 is 38.4. The molecule has 0 bridgehead atoms. The minimum Gasteiger partial charge on any atom is -0.436 e. The van der Waals surface area contributed by atoms with E-state index >= 15 is 0 Å². The number of pyridine rings is 4. The van der Waals surface area contributed by atoms with Crippen molar-refractivity contribution in [1.82, 2.24) is 48.5 Å². The Hall–Kier alpha value is -13.8. The van der Waals surface area contributed by atoms with Gasteiger partial charge in [0.15, 0.2) is 21.7 Å². The first-order valence-electron chi connectivity index (χ1n) is 47.3. The van der Waals surface area contributed by atoms with Crippen LogP contribution in [0.1, 0.15) is 182 Å². The number of anilines is 3. The highest BCUT2D eigenvalue weighted by Gasteiger charge is 2.40. The van der Waals surface area contributed by atoms with E-state index in [0.29, 0.717) is 64.5 Å². The smallest absolute Gasteiger partial charge is 0.367 e. The van der Waals surface area contributed by atoms with Crippen molar-refractivity contribution in [3.8, 4) is 39.3 Å². The summed E-state index contributed by atoms with van der Waals surface area (Å²) in [7, 11) is 8.43. The molecule has 5 aromatic carbocycles. The van der Waals surface area contributed by atoms with E-state index < -0.39 is 0 Å². The maximum absolute atomic E-state index is 6.26. The molecule has 0 unspecified atom stereocenters. The van der Waals surface area contributed by atoms with Crippen molar-refractivity contribution < 1.29 is 31.4 Å². The molecule has 133 heavy (non-hydrogen) atoms. The van der Waals surface area contributed by atoms with E-state index in [1.807, 2.05) is 52.0 Å². The Morgan fingerprint density at radius 2 is 0.617 bits per heavy atom. The number of para-hydroxylation sites is 1. The van der Waals surface area contributed by atoms with Gasteiger partial charge in [-0.25, -0.2) is 47.3 Å². The van der Waals surface area contributed by atoms with Crippen molar-refractivity contribution in [2.45, 2.75) is 187 Å². The molecule has 21 rings (SSSR count). The molecule has 0 aliphatic carbocycles. The van der Waals surface area contributed by atoms with Crippen LogP contribution in [-0.2, 0) is 21.1 Å². The van der Waals surface area contributed by atoms with Crippen LogP contribution in [0.15, 0.2) is 219 Å². The third-order valence-electron chi connectivity index (χ3n) is 26.8. The number of benzene rings is 5. The molecule has 1 atom stereocenters. The van der Waals surface area contributed by atoms with Gasteiger partial charge in [-0.3, -0.25) is 19.4 Å². The fourth-order valence-corrected chi connectivity index (χ4v) is 19.5. The Morgan fingerprint density at radius 1 is 0.331 bits per heavy atom. The molecule has 0 amide bonds. The summed E-state index contributed by atoms with van der Waals surface area (Å²) in [6, 6.07) is 54.3. The normalized spacial score (nSPS) is 14.5. The Morgan fingerprint density at radius 3 is 0.902 bits per heavy atom. The van der Waals surface area contributed by atoms with Crippen molar-refractivity contribution in [2.75, 3.05) is 21.5 Å². The molecule has 0 saturated heterocycles. The first-order chi connectivity index (χ1) is 63.7. The van der Waals surface area contributed by atoms with Gasteiger partial charge < -0.3 is 27.5 Å². The van der Waals surface area contributed by atoms with E-state index in [4.69, 9.17) is 17.7 Å². The van der Waals surface area contributed by atoms with Gasteiger partial charge in [0.2, 0.25) is 22.9 Å². The Bertz CT molecular complexity index is 7430. The van der Waals surface area contributed by atoms with Crippen molar-refractivity contribution in [1.29, 1.82) is 0 Å². The molecule has 0 saturated carbocycles. The molecule has 0 spiro atoms. The van der Waals surface area contributed by atoms with Crippen molar-refractivity contribution in [3.63, 3.8) is 0 Å². The van der Waals surface area contributed by atoms with Gasteiger partial charge in [-0.15, -0.1) is 0 Å². The molecule has 16 heterocycles. The van der Waals surface area contributed by atoms with Gasteiger partial charge in [-0.2, -0.15) is 0 Å². The zero-order valence-electron chi connectivity index (χ0n) is 81.8. The van der Waals surface area contributed by atoms with Crippen molar-refractivity contribution in [3.05, 3.63) is 300 Å². The number of fused-ring (bicyclic) bond motifs is 12. The lowest BCUT2D eigenvalue weighted by Crippen LogP contribution is -2.52. The maximum Gasteiger partial charge on any atom is 0.367 e. The van der Waals surface area contributed by atoms with Gasteiger partial charge in [-0.05, 0) is 219 Å². The van der Waals surface area contributed by atoms with Gasteiger partial charge in [0.1, 0.15) is 41.8 Å². The molecule has 672 valence electrons. The van der Waals surface area contributed by atoms with Crippen LogP contribution in [0.5, 0.6) is 0 Å². The number of hydrazine groups is 1. The lowest BCUT2D eigenvalue weighted by atomic mass is 9.62. The van der Waals surface area contributed by atoms with E-state index in [1.54, 1.807) is 0 Å². The summed E-state index contributed by atoms with van der Waals surface area (Å²) in [5.41, 5.74) is 27.0. The summed E-state index contributed by atoms with van der Waals surface area (Å²) in [4.78, 5) is 29.7. The Labute approximate surface area is 781 Å². The van der Waals surface area contributed by atoms with Crippen LogP contribution >= 0.6 is 0 Å². The number of nitrogens with zero attached hydrogens (tertiary/aromatic N) is 16. The largest absolute Gasteiger partial charge is 0.436 e. The van der Waals surface area contributed by atoms with Gasteiger partial charge in [0.25, 0.3) is 0 Å². The summed E-state index contributed by atoms with van der Waals surface area (Å²) in [6.45, 7) is 47.1. The quantitative estimate of drug-likeness (QED) is 0.0707. The highest BCUT2D eigenvalue weighted by molar-refractivity contribution is 6.78. The highest BCUT2D eigenvalue weighted by Crippen LogP contribution is 2.42. The fourth-order valence-electron chi connectivity index (χ4n) is 19.5. The molecule has 20 nitrogen and oxygen atoms in total. The first kappa shape index (κ1) is 89.8. The molecule has 16 aromatic rings. The maximum atomic E-state index is 6.26. The van der Waals surface area contributed by atoms with Gasteiger partial charge in [-0.1, -0.05) is 193 Å². The lowest BCUT2D eigenvalue weighted by molar-refractivity contribution is -0.657. The first-order valence-corrected chi connectivity index (χ1v) is 47.3. The molecule has 5 aliphatic rings. The minimum absolute atomic E-state index is 0.132. The SMILES string of the molecule is CB1C=c2c(oc3nc(C)ccc23)=CN1N1C=CN(C)[C@@H]1C.CB1C=c2c(oc3nc(C)ccc23)=CN1c1n(-c2c(C(C)C)cc(-c3ccccc3)cc2C(C)C)cc[n+]1C.CB1C=c2c(oc3nc(C)ccc23)=CN1c1n(-c2c(C(C)C)cc(-c3ccccc3)cc2C(C)C)cc[n+]1C.CB1C=c2c(oc3nc(C)ccc23)=CN1c1n(-c2c(C(C)C)cccc2C(C)C)cc[n+]1C. The predicted molar refractivity (Wildman–Crippen MR) is 548 cm³/mol. The standard InChI is InChI=1S/2C33H36BN4O.C27H32BN4O.C16H19BN4O/c2*1-21(2)27-17-25(24-11-9-8-10-12-24)18-28(22(3)4)31(27)37-16-15-36(7)33(37)38-20-30-29(19-34(38)6)26-14-13-23(5)35-32(26)39-30;1-17(2)20-9-8-10-21(18(3)4)25(20)31-14-13-30(7)27(31)32-16-24-23(15-28(32)6)22-12-11-19(5)29-26(22)33-24;1-11-5-6-13-14-9-17(3)21(10-15(14)22-16(13)18-11)20-8-7-19(4)12(20)2/h2*8-22H,1-7H3;8-18H,1-7H3;5-10,12H,1-4H3/q3*+1;/t;;;12-/m...0/s1. The van der Waals surface area contributed by atoms with Gasteiger partial charge in [0, 0.05) is 84.6 Å². The van der Waals surface area contributed by atoms with Gasteiger partial charge >= 0.3 is 45.2 Å². The van der Waals surface area contributed by atoms with E-state index in [2.05, 4.69) is 448 Å².